The fourth-order valence-corrected chi connectivity index (χ4v) is 4.23. The van der Waals surface area contributed by atoms with E-state index in [1.807, 2.05) is 0 Å². The van der Waals surface area contributed by atoms with E-state index in [-0.39, 0.29) is 5.41 Å². The van der Waals surface area contributed by atoms with E-state index in [1.54, 1.807) is 0 Å². The van der Waals surface area contributed by atoms with E-state index in [0.717, 1.165) is 62.8 Å². The van der Waals surface area contributed by atoms with Crippen LogP contribution in [0, 0.1) is 5.92 Å². The molecule has 0 saturated carbocycles. The van der Waals surface area contributed by atoms with Crippen LogP contribution in [0.4, 0.5) is 5.13 Å². The number of hydrogen-bond donors (Lipinski definition) is 0. The van der Waals surface area contributed by atoms with Crippen LogP contribution in [0.15, 0.2) is 0 Å². The number of anilines is 1. The second kappa shape index (κ2) is 6.75. The number of hydrogen-bond acceptors (Lipinski definition) is 5. The van der Waals surface area contributed by atoms with Crippen molar-refractivity contribution in [3.8, 4) is 0 Å². The van der Waals surface area contributed by atoms with Gasteiger partial charge in [-0.05, 0) is 31.6 Å². The maximum Gasteiger partial charge on any atom is 0.222 e. The summed E-state index contributed by atoms with van der Waals surface area (Å²) in [5, 5.41) is 1.06. The average molecular weight is 337 g/mol. The summed E-state index contributed by atoms with van der Waals surface area (Å²) in [5.41, 5.74) is 0.0156. The zero-order valence-corrected chi connectivity index (χ0v) is 15.4. The lowest BCUT2D eigenvalue weighted by Gasteiger charge is -2.35. The Kier molecular flexibility index (Phi) is 4.90. The summed E-state index contributed by atoms with van der Waals surface area (Å²) in [5.74, 6) is 1.94. The molecule has 0 aromatic carbocycles. The Morgan fingerprint density at radius 2 is 1.91 bits per heavy atom. The Morgan fingerprint density at radius 3 is 2.52 bits per heavy atom. The summed E-state index contributed by atoms with van der Waals surface area (Å²) in [6.07, 6.45) is 5.29. The van der Waals surface area contributed by atoms with E-state index in [0.29, 0.717) is 11.8 Å². The van der Waals surface area contributed by atoms with Gasteiger partial charge in [0.1, 0.15) is 5.82 Å². The van der Waals surface area contributed by atoms with Gasteiger partial charge < -0.3 is 9.80 Å². The van der Waals surface area contributed by atoms with Gasteiger partial charge in [-0.15, -0.1) is 0 Å². The fourth-order valence-electron chi connectivity index (χ4n) is 3.32. The second-order valence-electron chi connectivity index (χ2n) is 7.88. The molecule has 6 heteroatoms. The third kappa shape index (κ3) is 4.03. The number of likely N-dealkylation sites (tertiary alicyclic amines) is 1. The molecule has 3 rings (SSSR count). The zero-order chi connectivity index (χ0) is 16.4. The van der Waals surface area contributed by atoms with Crippen LogP contribution in [0.25, 0.3) is 0 Å². The lowest BCUT2D eigenvalue weighted by Crippen LogP contribution is -2.42. The van der Waals surface area contributed by atoms with Gasteiger partial charge in [-0.3, -0.25) is 4.79 Å². The smallest absolute Gasteiger partial charge is 0.222 e. The summed E-state index contributed by atoms with van der Waals surface area (Å²) >= 11 is 1.52. The van der Waals surface area contributed by atoms with Crippen molar-refractivity contribution >= 4 is 22.6 Å². The summed E-state index contributed by atoms with van der Waals surface area (Å²) in [6, 6.07) is 0. The van der Waals surface area contributed by atoms with Crippen molar-refractivity contribution in [1.29, 1.82) is 0 Å². The van der Waals surface area contributed by atoms with Gasteiger partial charge in [-0.25, -0.2) is 4.98 Å². The first kappa shape index (κ1) is 16.7. The number of nitrogens with zero attached hydrogens (tertiary/aromatic N) is 4. The molecule has 1 aromatic heterocycles. The Balaban J connectivity index is 1.52. The van der Waals surface area contributed by atoms with E-state index >= 15 is 0 Å². The van der Waals surface area contributed by atoms with Crippen LogP contribution >= 0.6 is 11.5 Å². The molecule has 0 radical (unpaired) electrons. The highest BCUT2D eigenvalue weighted by Gasteiger charge is 2.27. The lowest BCUT2D eigenvalue weighted by molar-refractivity contribution is -0.134. The SMILES string of the molecule is CC(C)(C)c1nsc(N2CCC(CN3CCCCC3=O)CC2)n1. The topological polar surface area (TPSA) is 49.3 Å². The van der Waals surface area contributed by atoms with E-state index in [2.05, 4.69) is 34.9 Å². The summed E-state index contributed by atoms with van der Waals surface area (Å²) in [4.78, 5) is 21.1. The first-order valence-electron chi connectivity index (χ1n) is 8.80. The third-order valence-corrected chi connectivity index (χ3v) is 5.65. The molecule has 0 N–H and O–H groups in total. The minimum atomic E-state index is 0.0156. The van der Waals surface area contributed by atoms with Crippen LogP contribution < -0.4 is 4.90 Å². The minimum Gasteiger partial charge on any atom is -0.347 e. The summed E-state index contributed by atoms with van der Waals surface area (Å²) in [7, 11) is 0. The van der Waals surface area contributed by atoms with Crippen LogP contribution in [0.1, 0.15) is 58.7 Å². The molecule has 0 unspecified atom stereocenters. The van der Waals surface area contributed by atoms with E-state index < -0.39 is 0 Å². The van der Waals surface area contributed by atoms with Crippen LogP contribution in [0.2, 0.25) is 0 Å². The zero-order valence-electron chi connectivity index (χ0n) is 14.5. The quantitative estimate of drug-likeness (QED) is 0.851. The highest BCUT2D eigenvalue weighted by Crippen LogP contribution is 2.29. The van der Waals surface area contributed by atoms with Crippen molar-refractivity contribution in [2.24, 2.45) is 5.92 Å². The maximum absolute atomic E-state index is 11.9. The maximum atomic E-state index is 11.9. The molecule has 2 saturated heterocycles. The molecular formula is C17H28N4OS. The fraction of sp³-hybridized carbons (Fsp3) is 0.824. The number of carbonyl (C=O) groups excluding carboxylic acids is 1. The van der Waals surface area contributed by atoms with Gasteiger partial charge in [-0.1, -0.05) is 20.8 Å². The summed E-state index contributed by atoms with van der Waals surface area (Å²) < 4.78 is 4.52. The van der Waals surface area contributed by atoms with Gasteiger partial charge in [0.25, 0.3) is 0 Å². The van der Waals surface area contributed by atoms with Gasteiger partial charge in [0, 0.05) is 49.5 Å². The molecule has 1 amide bonds. The van der Waals surface area contributed by atoms with Gasteiger partial charge in [0.15, 0.2) is 0 Å². The van der Waals surface area contributed by atoms with Crippen LogP contribution in [0.3, 0.4) is 0 Å². The first-order chi connectivity index (χ1) is 10.9. The molecule has 0 aliphatic carbocycles. The Morgan fingerprint density at radius 1 is 1.17 bits per heavy atom. The standard InChI is InChI=1S/C17H28N4OS/c1-17(2,3)15-18-16(23-19-15)20-10-7-13(8-11-20)12-21-9-5-4-6-14(21)22/h13H,4-12H2,1-3H3. The molecule has 23 heavy (non-hydrogen) atoms. The molecule has 0 spiro atoms. The van der Waals surface area contributed by atoms with Gasteiger partial charge in [0.05, 0.1) is 0 Å². The number of piperidine rings is 2. The Labute approximate surface area is 143 Å². The van der Waals surface area contributed by atoms with Gasteiger partial charge >= 0.3 is 0 Å². The van der Waals surface area contributed by atoms with Gasteiger partial charge in [-0.2, -0.15) is 4.37 Å². The van der Waals surface area contributed by atoms with E-state index in [1.165, 1.54) is 18.0 Å². The van der Waals surface area contributed by atoms with E-state index in [9.17, 15) is 4.79 Å². The van der Waals surface area contributed by atoms with Crippen LogP contribution in [-0.4, -0.2) is 46.3 Å². The molecule has 1 aromatic rings. The largest absolute Gasteiger partial charge is 0.347 e. The predicted octanol–water partition coefficient (Wildman–Crippen LogP) is 3.06. The predicted molar refractivity (Wildman–Crippen MR) is 94.0 cm³/mol. The van der Waals surface area contributed by atoms with Crippen molar-refractivity contribution in [2.75, 3.05) is 31.1 Å². The van der Waals surface area contributed by atoms with Crippen LogP contribution in [0.5, 0.6) is 0 Å². The number of amides is 1. The summed E-state index contributed by atoms with van der Waals surface area (Å²) in [6.45, 7) is 10.4. The Hall–Kier alpha value is -1.17. The van der Waals surface area contributed by atoms with Crippen molar-refractivity contribution < 1.29 is 4.79 Å². The number of rotatable bonds is 3. The molecule has 2 aliphatic heterocycles. The molecular weight excluding hydrogens is 308 g/mol. The average Bonchev–Trinajstić information content (AvgIpc) is 3.00. The van der Waals surface area contributed by atoms with Crippen molar-refractivity contribution in [3.63, 3.8) is 0 Å². The highest BCUT2D eigenvalue weighted by molar-refractivity contribution is 7.09. The molecule has 2 aliphatic rings. The number of aromatic nitrogens is 2. The lowest BCUT2D eigenvalue weighted by atomic mass is 9.95. The van der Waals surface area contributed by atoms with Crippen molar-refractivity contribution in [3.05, 3.63) is 5.82 Å². The van der Waals surface area contributed by atoms with Crippen molar-refractivity contribution in [2.45, 2.75) is 58.3 Å². The monoisotopic (exact) mass is 336 g/mol. The van der Waals surface area contributed by atoms with Gasteiger partial charge in [0.2, 0.25) is 11.0 Å². The second-order valence-corrected chi connectivity index (χ2v) is 8.61. The molecule has 0 atom stereocenters. The molecule has 2 fully saturated rings. The molecule has 0 bridgehead atoms. The molecule has 128 valence electrons. The highest BCUT2D eigenvalue weighted by atomic mass is 32.1. The van der Waals surface area contributed by atoms with Crippen LogP contribution in [-0.2, 0) is 10.2 Å². The third-order valence-electron chi connectivity index (χ3n) is 4.87. The number of carbonyl (C=O) groups is 1. The first-order valence-corrected chi connectivity index (χ1v) is 9.58. The molecule has 3 heterocycles. The minimum absolute atomic E-state index is 0.0156. The Bertz CT molecular complexity index is 543. The molecule has 5 nitrogen and oxygen atoms in total. The van der Waals surface area contributed by atoms with Crippen molar-refractivity contribution in [1.82, 2.24) is 14.3 Å². The normalized spacial score (nSPS) is 21.1. The van der Waals surface area contributed by atoms with E-state index in [4.69, 9.17) is 4.98 Å².